The van der Waals surface area contributed by atoms with Gasteiger partial charge in [0, 0.05) is 17.5 Å². The lowest BCUT2D eigenvalue weighted by molar-refractivity contribution is -0.122. The van der Waals surface area contributed by atoms with Gasteiger partial charge in [0.25, 0.3) is 0 Å². The number of hydrogen-bond acceptors (Lipinski definition) is 5. The normalized spacial score (nSPS) is 18.0. The molecule has 6 nitrogen and oxygen atoms in total. The number of rotatable bonds is 7. The van der Waals surface area contributed by atoms with Crippen LogP contribution in [0.15, 0.2) is 30.3 Å². The summed E-state index contributed by atoms with van der Waals surface area (Å²) in [7, 11) is 3.28. The Labute approximate surface area is 182 Å². The van der Waals surface area contributed by atoms with Crippen LogP contribution in [-0.4, -0.2) is 57.3 Å². The van der Waals surface area contributed by atoms with Crippen molar-refractivity contribution in [3.05, 3.63) is 40.9 Å². The molecule has 4 rings (SSSR count). The zero-order valence-corrected chi connectivity index (χ0v) is 18.1. The number of methoxy groups -OCH3 is 2. The molecule has 160 valence electrons. The van der Waals surface area contributed by atoms with E-state index in [0.717, 1.165) is 41.3 Å². The summed E-state index contributed by atoms with van der Waals surface area (Å²) in [5, 5.41) is 3.55. The summed E-state index contributed by atoms with van der Waals surface area (Å²) in [6.45, 7) is 2.94. The molecule has 1 amide bonds. The molecule has 7 heteroatoms. The molecule has 0 aliphatic carbocycles. The van der Waals surface area contributed by atoms with Gasteiger partial charge in [0.1, 0.15) is 23.4 Å². The number of likely N-dealkylation sites (tertiary alicyclic amines) is 1. The van der Waals surface area contributed by atoms with Gasteiger partial charge in [0.05, 0.1) is 32.3 Å². The minimum Gasteiger partial charge on any atom is -0.497 e. The summed E-state index contributed by atoms with van der Waals surface area (Å²) in [6, 6.07) is 9.63. The molecule has 1 N–H and O–H groups in total. The van der Waals surface area contributed by atoms with Gasteiger partial charge >= 0.3 is 0 Å². The number of carbonyl (C=O) groups excluding carboxylic acids is 1. The molecule has 1 unspecified atom stereocenters. The van der Waals surface area contributed by atoms with E-state index >= 15 is 0 Å². The summed E-state index contributed by atoms with van der Waals surface area (Å²) in [5.74, 6) is 2.24. The smallest absolute Gasteiger partial charge is 0.234 e. The highest BCUT2D eigenvalue weighted by atomic mass is 35.5. The molecule has 1 atom stereocenters. The number of benzene rings is 2. The molecule has 1 fully saturated rings. The molecular formula is C23H27ClN2O4. The molecular weight excluding hydrogens is 404 g/mol. The highest BCUT2D eigenvalue weighted by Crippen LogP contribution is 2.42. The highest BCUT2D eigenvalue weighted by Gasteiger charge is 2.27. The van der Waals surface area contributed by atoms with E-state index in [1.54, 1.807) is 14.2 Å². The molecule has 0 bridgehead atoms. The number of hydrogen-bond donors (Lipinski definition) is 1. The van der Waals surface area contributed by atoms with E-state index in [2.05, 4.69) is 16.3 Å². The first-order chi connectivity index (χ1) is 14.6. The van der Waals surface area contributed by atoms with Crippen molar-refractivity contribution >= 4 is 17.5 Å². The fourth-order valence-electron chi connectivity index (χ4n) is 4.12. The highest BCUT2D eigenvalue weighted by molar-refractivity contribution is 6.32. The SMILES string of the molecule is COc1ccc(OC)c(-c2cc(Cl)c3c(c2)CC(CNC(=O)CN2CCCC2)O3)c1. The average Bonchev–Trinajstić information content (AvgIpc) is 3.41. The quantitative estimate of drug-likeness (QED) is 0.728. The number of carbonyl (C=O) groups is 1. The van der Waals surface area contributed by atoms with Gasteiger partial charge in [-0.3, -0.25) is 9.69 Å². The van der Waals surface area contributed by atoms with Gasteiger partial charge < -0.3 is 19.5 Å². The lowest BCUT2D eigenvalue weighted by Crippen LogP contribution is -2.40. The molecule has 1 saturated heterocycles. The van der Waals surface area contributed by atoms with Crippen LogP contribution in [0, 0.1) is 0 Å². The lowest BCUT2D eigenvalue weighted by atomic mass is 9.99. The lowest BCUT2D eigenvalue weighted by Gasteiger charge is -2.16. The number of fused-ring (bicyclic) bond motifs is 1. The average molecular weight is 431 g/mol. The first-order valence-corrected chi connectivity index (χ1v) is 10.7. The molecule has 2 aliphatic heterocycles. The number of ether oxygens (including phenoxy) is 3. The van der Waals surface area contributed by atoms with Crippen molar-refractivity contribution in [2.45, 2.75) is 25.4 Å². The van der Waals surface area contributed by atoms with Crippen LogP contribution in [0.4, 0.5) is 0 Å². The molecule has 0 spiro atoms. The van der Waals surface area contributed by atoms with Crippen molar-refractivity contribution < 1.29 is 19.0 Å². The number of nitrogens with one attached hydrogen (secondary N) is 1. The van der Waals surface area contributed by atoms with E-state index in [9.17, 15) is 4.79 Å². The Morgan fingerprint density at radius 2 is 2.00 bits per heavy atom. The van der Waals surface area contributed by atoms with Gasteiger partial charge in [-0.05, 0) is 61.8 Å². The van der Waals surface area contributed by atoms with Crippen molar-refractivity contribution in [1.29, 1.82) is 0 Å². The minimum absolute atomic E-state index is 0.0457. The Morgan fingerprint density at radius 1 is 1.20 bits per heavy atom. The van der Waals surface area contributed by atoms with E-state index in [-0.39, 0.29) is 12.0 Å². The third kappa shape index (κ3) is 4.50. The summed E-state index contributed by atoms with van der Waals surface area (Å²) in [6.07, 6.45) is 2.92. The van der Waals surface area contributed by atoms with E-state index in [4.69, 9.17) is 25.8 Å². The predicted octanol–water partition coefficient (Wildman–Crippen LogP) is 3.54. The first-order valence-electron chi connectivity index (χ1n) is 10.3. The van der Waals surface area contributed by atoms with Gasteiger partial charge in [0.2, 0.25) is 5.91 Å². The van der Waals surface area contributed by atoms with Gasteiger partial charge in [-0.1, -0.05) is 11.6 Å². The van der Waals surface area contributed by atoms with Crippen LogP contribution in [-0.2, 0) is 11.2 Å². The van der Waals surface area contributed by atoms with E-state index in [1.165, 1.54) is 12.8 Å². The fourth-order valence-corrected chi connectivity index (χ4v) is 4.41. The number of halogens is 1. The van der Waals surface area contributed by atoms with Crippen LogP contribution >= 0.6 is 11.6 Å². The largest absolute Gasteiger partial charge is 0.497 e. The maximum absolute atomic E-state index is 12.2. The second kappa shape index (κ2) is 9.14. The molecule has 2 aromatic rings. The number of amides is 1. The Balaban J connectivity index is 1.45. The topological polar surface area (TPSA) is 60.0 Å². The van der Waals surface area contributed by atoms with Crippen LogP contribution in [0.25, 0.3) is 11.1 Å². The van der Waals surface area contributed by atoms with Crippen molar-refractivity contribution in [3.63, 3.8) is 0 Å². The maximum atomic E-state index is 12.2. The molecule has 2 aromatic carbocycles. The molecule has 2 heterocycles. The van der Waals surface area contributed by atoms with E-state index < -0.39 is 0 Å². The second-order valence-electron chi connectivity index (χ2n) is 7.74. The Morgan fingerprint density at radius 3 is 2.73 bits per heavy atom. The zero-order valence-electron chi connectivity index (χ0n) is 17.4. The maximum Gasteiger partial charge on any atom is 0.234 e. The summed E-state index contributed by atoms with van der Waals surface area (Å²) in [4.78, 5) is 14.4. The van der Waals surface area contributed by atoms with Crippen molar-refractivity contribution in [1.82, 2.24) is 10.2 Å². The van der Waals surface area contributed by atoms with Gasteiger partial charge in [-0.2, -0.15) is 0 Å². The molecule has 30 heavy (non-hydrogen) atoms. The fraction of sp³-hybridized carbons (Fsp3) is 0.435. The second-order valence-corrected chi connectivity index (χ2v) is 8.15. The molecule has 0 aromatic heterocycles. The third-order valence-corrected chi connectivity index (χ3v) is 5.94. The van der Waals surface area contributed by atoms with Crippen LogP contribution in [0.1, 0.15) is 18.4 Å². The monoisotopic (exact) mass is 430 g/mol. The van der Waals surface area contributed by atoms with Gasteiger partial charge in [0.15, 0.2) is 0 Å². The molecule has 0 radical (unpaired) electrons. The molecule has 2 aliphatic rings. The van der Waals surface area contributed by atoms with Crippen LogP contribution < -0.4 is 19.5 Å². The standard InChI is InChI=1S/C23H27ClN2O4/c1-28-17-5-6-21(29-2)19(12-17)15-9-16-10-18(30-23(16)20(24)11-15)13-25-22(27)14-26-7-3-4-8-26/h5-6,9,11-12,18H,3-4,7-8,10,13-14H2,1-2H3,(H,25,27). The Bertz CT molecular complexity index is 928. The van der Waals surface area contributed by atoms with E-state index in [1.807, 2.05) is 24.3 Å². The summed E-state index contributed by atoms with van der Waals surface area (Å²) >= 11 is 6.54. The van der Waals surface area contributed by atoms with Crippen LogP contribution in [0.2, 0.25) is 5.02 Å². The van der Waals surface area contributed by atoms with E-state index in [0.29, 0.717) is 30.3 Å². The van der Waals surface area contributed by atoms with Crippen molar-refractivity contribution in [3.8, 4) is 28.4 Å². The molecule has 0 saturated carbocycles. The van der Waals surface area contributed by atoms with Crippen LogP contribution in [0.5, 0.6) is 17.2 Å². The van der Waals surface area contributed by atoms with Crippen molar-refractivity contribution in [2.24, 2.45) is 0 Å². The predicted molar refractivity (Wildman–Crippen MR) is 117 cm³/mol. The first kappa shape index (κ1) is 20.8. The van der Waals surface area contributed by atoms with Gasteiger partial charge in [-0.25, -0.2) is 0 Å². The summed E-state index contributed by atoms with van der Waals surface area (Å²) in [5.41, 5.74) is 2.88. The minimum atomic E-state index is -0.123. The van der Waals surface area contributed by atoms with Crippen molar-refractivity contribution in [2.75, 3.05) is 40.4 Å². The third-order valence-electron chi connectivity index (χ3n) is 5.66. The van der Waals surface area contributed by atoms with Gasteiger partial charge in [-0.15, -0.1) is 0 Å². The Hall–Kier alpha value is -2.44. The zero-order chi connectivity index (χ0) is 21.1. The van der Waals surface area contributed by atoms with Crippen LogP contribution in [0.3, 0.4) is 0 Å². The Kier molecular flexibility index (Phi) is 6.35. The summed E-state index contributed by atoms with van der Waals surface area (Å²) < 4.78 is 16.9. The number of nitrogens with zero attached hydrogens (tertiary/aromatic N) is 1.